The molecule has 0 atom stereocenters. The number of hydrogen-bond donors (Lipinski definition) is 1. The first-order valence-corrected chi connectivity index (χ1v) is 7.79. The Labute approximate surface area is 135 Å². The molecule has 0 fully saturated rings. The number of aryl methyl sites for hydroxylation is 2. The Kier molecular flexibility index (Phi) is 4.41. The van der Waals surface area contributed by atoms with Gasteiger partial charge in [-0.25, -0.2) is 4.98 Å². The van der Waals surface area contributed by atoms with Gasteiger partial charge in [-0.2, -0.15) is 9.50 Å². The van der Waals surface area contributed by atoms with Crippen LogP contribution in [0, 0.1) is 6.92 Å². The molecule has 1 aromatic carbocycles. The van der Waals surface area contributed by atoms with E-state index in [1.165, 1.54) is 0 Å². The van der Waals surface area contributed by atoms with Crippen LogP contribution in [0.1, 0.15) is 30.4 Å². The first-order valence-electron chi connectivity index (χ1n) is 7.79. The summed E-state index contributed by atoms with van der Waals surface area (Å²) in [6, 6.07) is 9.98. The molecule has 0 aliphatic rings. The molecule has 0 spiro atoms. The maximum atomic E-state index is 5.26. The number of methoxy groups -OCH3 is 1. The SMILES string of the molecule is CCCc1nc2nc(C)cc(NCc3cccc(OC)c3)n2n1. The van der Waals surface area contributed by atoms with Crippen molar-refractivity contribution in [3.05, 3.63) is 47.4 Å². The second-order valence-corrected chi connectivity index (χ2v) is 5.48. The van der Waals surface area contributed by atoms with Crippen molar-refractivity contribution in [2.24, 2.45) is 0 Å². The van der Waals surface area contributed by atoms with Crippen LogP contribution in [-0.2, 0) is 13.0 Å². The van der Waals surface area contributed by atoms with Crippen LogP contribution in [0.4, 0.5) is 5.82 Å². The monoisotopic (exact) mass is 311 g/mol. The number of anilines is 1. The molecule has 0 bridgehead atoms. The lowest BCUT2D eigenvalue weighted by Gasteiger charge is -2.09. The van der Waals surface area contributed by atoms with Crippen LogP contribution in [0.2, 0.25) is 0 Å². The Hall–Kier alpha value is -2.63. The van der Waals surface area contributed by atoms with Crippen molar-refractivity contribution in [2.75, 3.05) is 12.4 Å². The molecular weight excluding hydrogens is 290 g/mol. The van der Waals surface area contributed by atoms with Crippen LogP contribution in [0.25, 0.3) is 5.78 Å². The molecule has 23 heavy (non-hydrogen) atoms. The maximum Gasteiger partial charge on any atom is 0.254 e. The summed E-state index contributed by atoms with van der Waals surface area (Å²) in [4.78, 5) is 8.94. The molecule has 0 radical (unpaired) electrons. The third-order valence-corrected chi connectivity index (χ3v) is 3.57. The normalized spacial score (nSPS) is 10.9. The summed E-state index contributed by atoms with van der Waals surface area (Å²) >= 11 is 0. The Morgan fingerprint density at radius 3 is 2.87 bits per heavy atom. The van der Waals surface area contributed by atoms with Crippen molar-refractivity contribution in [3.8, 4) is 5.75 Å². The number of rotatable bonds is 6. The van der Waals surface area contributed by atoms with E-state index in [0.29, 0.717) is 12.3 Å². The van der Waals surface area contributed by atoms with E-state index in [1.54, 1.807) is 11.6 Å². The molecule has 0 saturated heterocycles. The van der Waals surface area contributed by atoms with Gasteiger partial charge in [-0.1, -0.05) is 19.1 Å². The van der Waals surface area contributed by atoms with E-state index in [-0.39, 0.29) is 0 Å². The molecular formula is C17H21N5O. The van der Waals surface area contributed by atoms with Gasteiger partial charge in [0.1, 0.15) is 11.6 Å². The molecule has 6 nitrogen and oxygen atoms in total. The van der Waals surface area contributed by atoms with E-state index in [0.717, 1.165) is 41.5 Å². The van der Waals surface area contributed by atoms with E-state index in [1.807, 2.05) is 31.2 Å². The zero-order valence-electron chi connectivity index (χ0n) is 13.7. The minimum atomic E-state index is 0.640. The number of benzene rings is 1. The van der Waals surface area contributed by atoms with E-state index in [2.05, 4.69) is 33.4 Å². The van der Waals surface area contributed by atoms with Gasteiger partial charge in [-0.15, -0.1) is 5.10 Å². The summed E-state index contributed by atoms with van der Waals surface area (Å²) in [6.45, 7) is 4.76. The fourth-order valence-electron chi connectivity index (χ4n) is 2.46. The highest BCUT2D eigenvalue weighted by Crippen LogP contribution is 2.16. The average Bonchev–Trinajstić information content (AvgIpc) is 2.95. The van der Waals surface area contributed by atoms with Gasteiger partial charge in [-0.05, 0) is 31.0 Å². The summed E-state index contributed by atoms with van der Waals surface area (Å²) in [6.07, 6.45) is 1.88. The topological polar surface area (TPSA) is 64.3 Å². The molecule has 0 unspecified atom stereocenters. The number of nitrogens with zero attached hydrogens (tertiary/aromatic N) is 4. The van der Waals surface area contributed by atoms with Crippen LogP contribution in [-0.4, -0.2) is 26.7 Å². The van der Waals surface area contributed by atoms with Crippen molar-refractivity contribution < 1.29 is 4.74 Å². The summed E-state index contributed by atoms with van der Waals surface area (Å²) < 4.78 is 7.04. The lowest BCUT2D eigenvalue weighted by Crippen LogP contribution is -2.07. The Balaban J connectivity index is 1.86. The third kappa shape index (κ3) is 3.41. The summed E-state index contributed by atoms with van der Waals surface area (Å²) in [7, 11) is 1.67. The molecule has 120 valence electrons. The number of aromatic nitrogens is 4. The minimum absolute atomic E-state index is 0.640. The first kappa shape index (κ1) is 15.3. The van der Waals surface area contributed by atoms with Gasteiger partial charge in [0, 0.05) is 24.7 Å². The van der Waals surface area contributed by atoms with E-state index in [9.17, 15) is 0 Å². The quantitative estimate of drug-likeness (QED) is 0.758. The van der Waals surface area contributed by atoms with Crippen molar-refractivity contribution in [1.82, 2.24) is 19.6 Å². The summed E-state index contributed by atoms with van der Waals surface area (Å²) in [5.41, 5.74) is 2.06. The van der Waals surface area contributed by atoms with Crippen LogP contribution >= 0.6 is 0 Å². The highest BCUT2D eigenvalue weighted by atomic mass is 16.5. The molecule has 2 aromatic heterocycles. The van der Waals surface area contributed by atoms with E-state index < -0.39 is 0 Å². The highest BCUT2D eigenvalue weighted by Gasteiger charge is 2.09. The summed E-state index contributed by atoms with van der Waals surface area (Å²) in [5, 5.41) is 7.96. The number of nitrogens with one attached hydrogen (secondary N) is 1. The largest absolute Gasteiger partial charge is 0.497 e. The maximum absolute atomic E-state index is 5.26. The van der Waals surface area contributed by atoms with Crippen molar-refractivity contribution >= 4 is 11.6 Å². The summed E-state index contributed by atoms with van der Waals surface area (Å²) in [5.74, 6) is 3.22. The zero-order chi connectivity index (χ0) is 16.2. The Bertz CT molecular complexity index is 812. The molecule has 6 heteroatoms. The predicted molar refractivity (Wildman–Crippen MR) is 89.8 cm³/mol. The van der Waals surface area contributed by atoms with Crippen LogP contribution in [0.5, 0.6) is 5.75 Å². The fourth-order valence-corrected chi connectivity index (χ4v) is 2.46. The molecule has 0 aliphatic carbocycles. The Morgan fingerprint density at radius 1 is 1.22 bits per heavy atom. The zero-order valence-corrected chi connectivity index (χ0v) is 13.7. The van der Waals surface area contributed by atoms with E-state index in [4.69, 9.17) is 4.74 Å². The first-order chi connectivity index (χ1) is 11.2. The van der Waals surface area contributed by atoms with Crippen LogP contribution in [0.3, 0.4) is 0 Å². The lowest BCUT2D eigenvalue weighted by atomic mass is 10.2. The van der Waals surface area contributed by atoms with Gasteiger partial charge in [0.15, 0.2) is 5.82 Å². The molecule has 1 N–H and O–H groups in total. The van der Waals surface area contributed by atoms with Gasteiger partial charge >= 0.3 is 0 Å². The molecule has 0 aliphatic heterocycles. The van der Waals surface area contributed by atoms with E-state index >= 15 is 0 Å². The minimum Gasteiger partial charge on any atom is -0.497 e. The average molecular weight is 311 g/mol. The van der Waals surface area contributed by atoms with Crippen LogP contribution < -0.4 is 10.1 Å². The highest BCUT2D eigenvalue weighted by molar-refractivity contribution is 5.46. The van der Waals surface area contributed by atoms with Gasteiger partial charge in [0.2, 0.25) is 0 Å². The number of ether oxygens (including phenoxy) is 1. The lowest BCUT2D eigenvalue weighted by molar-refractivity contribution is 0.414. The number of fused-ring (bicyclic) bond motifs is 1. The molecule has 3 rings (SSSR count). The van der Waals surface area contributed by atoms with Crippen molar-refractivity contribution in [3.63, 3.8) is 0 Å². The second kappa shape index (κ2) is 6.64. The fraction of sp³-hybridized carbons (Fsp3) is 0.353. The van der Waals surface area contributed by atoms with Gasteiger partial charge in [-0.3, -0.25) is 0 Å². The molecule has 0 amide bonds. The van der Waals surface area contributed by atoms with Crippen molar-refractivity contribution in [1.29, 1.82) is 0 Å². The van der Waals surface area contributed by atoms with Gasteiger partial charge in [0.25, 0.3) is 5.78 Å². The van der Waals surface area contributed by atoms with Crippen molar-refractivity contribution in [2.45, 2.75) is 33.2 Å². The van der Waals surface area contributed by atoms with Gasteiger partial charge < -0.3 is 10.1 Å². The second-order valence-electron chi connectivity index (χ2n) is 5.48. The standard InChI is InChI=1S/C17H21N5O/c1-4-6-15-20-17-19-12(2)9-16(22(17)21-15)18-11-13-7-5-8-14(10-13)23-3/h5,7-10,18H,4,6,11H2,1-3H3. The molecule has 2 heterocycles. The number of hydrogen-bond acceptors (Lipinski definition) is 5. The van der Waals surface area contributed by atoms with Crippen LogP contribution in [0.15, 0.2) is 30.3 Å². The van der Waals surface area contributed by atoms with Gasteiger partial charge in [0.05, 0.1) is 7.11 Å². The molecule has 0 saturated carbocycles. The smallest absolute Gasteiger partial charge is 0.254 e. The third-order valence-electron chi connectivity index (χ3n) is 3.57. The Morgan fingerprint density at radius 2 is 2.09 bits per heavy atom. The predicted octanol–water partition coefficient (Wildman–Crippen LogP) is 3.01. The molecule has 3 aromatic rings.